The van der Waals surface area contributed by atoms with E-state index >= 15 is 0 Å². The number of ether oxygens (including phenoxy) is 1. The summed E-state index contributed by atoms with van der Waals surface area (Å²) in [6.45, 7) is 0.417. The summed E-state index contributed by atoms with van der Waals surface area (Å²) in [6.07, 6.45) is 1.45. The molecule has 0 aliphatic carbocycles. The molecule has 0 radical (unpaired) electrons. The van der Waals surface area contributed by atoms with Crippen LogP contribution in [-0.2, 0) is 6.54 Å². The molecule has 0 aliphatic rings. The summed E-state index contributed by atoms with van der Waals surface area (Å²) in [5.41, 5.74) is 6.43. The van der Waals surface area contributed by atoms with Crippen molar-refractivity contribution in [1.82, 2.24) is 4.98 Å². The topological polar surface area (TPSA) is 48.1 Å². The third-order valence-electron chi connectivity index (χ3n) is 2.21. The van der Waals surface area contributed by atoms with Gasteiger partial charge >= 0.3 is 0 Å². The third kappa shape index (κ3) is 3.06. The standard InChI is InChI=1S/C12H9Cl3N2O/c13-8-4-10(15)12(17-6-8)18-11-2-1-7(5-16)3-9(11)14/h1-4,6H,5,16H2. The largest absolute Gasteiger partial charge is 0.436 e. The lowest BCUT2D eigenvalue weighted by atomic mass is 10.2. The SMILES string of the molecule is NCc1ccc(Oc2ncc(Cl)cc2Cl)c(Cl)c1. The monoisotopic (exact) mass is 302 g/mol. The summed E-state index contributed by atoms with van der Waals surface area (Å²) in [5, 5.41) is 1.21. The van der Waals surface area contributed by atoms with Crippen molar-refractivity contribution in [2.75, 3.05) is 0 Å². The summed E-state index contributed by atoms with van der Waals surface area (Å²) in [7, 11) is 0. The van der Waals surface area contributed by atoms with E-state index in [0.717, 1.165) is 5.56 Å². The van der Waals surface area contributed by atoms with Gasteiger partial charge in [0, 0.05) is 12.7 Å². The Morgan fingerprint density at radius 1 is 1.11 bits per heavy atom. The van der Waals surface area contributed by atoms with Crippen LogP contribution in [0.5, 0.6) is 11.6 Å². The van der Waals surface area contributed by atoms with Gasteiger partial charge in [-0.05, 0) is 23.8 Å². The van der Waals surface area contributed by atoms with Crippen LogP contribution in [0, 0.1) is 0 Å². The number of pyridine rings is 1. The van der Waals surface area contributed by atoms with Crippen molar-refractivity contribution in [1.29, 1.82) is 0 Å². The van der Waals surface area contributed by atoms with Crippen molar-refractivity contribution in [2.45, 2.75) is 6.54 Å². The van der Waals surface area contributed by atoms with Gasteiger partial charge in [0.25, 0.3) is 0 Å². The van der Waals surface area contributed by atoms with Crippen LogP contribution in [0.4, 0.5) is 0 Å². The second kappa shape index (κ2) is 5.76. The Bertz CT molecular complexity index is 575. The minimum absolute atomic E-state index is 0.253. The number of hydrogen-bond donors (Lipinski definition) is 1. The van der Waals surface area contributed by atoms with Gasteiger partial charge in [-0.2, -0.15) is 0 Å². The summed E-state index contributed by atoms with van der Waals surface area (Å²) in [4.78, 5) is 3.99. The fourth-order valence-corrected chi connectivity index (χ4v) is 2.00. The van der Waals surface area contributed by atoms with Gasteiger partial charge in [-0.1, -0.05) is 40.9 Å². The quantitative estimate of drug-likeness (QED) is 0.920. The maximum absolute atomic E-state index is 6.06. The summed E-state index contributed by atoms with van der Waals surface area (Å²) >= 11 is 17.8. The molecule has 0 saturated heterocycles. The zero-order valence-corrected chi connectivity index (χ0v) is 11.4. The van der Waals surface area contributed by atoms with Gasteiger partial charge in [-0.3, -0.25) is 0 Å². The highest BCUT2D eigenvalue weighted by Crippen LogP contribution is 2.33. The Kier molecular flexibility index (Phi) is 4.30. The van der Waals surface area contributed by atoms with E-state index in [1.54, 1.807) is 18.2 Å². The Labute approximate surface area is 119 Å². The van der Waals surface area contributed by atoms with Crippen molar-refractivity contribution < 1.29 is 4.74 Å². The van der Waals surface area contributed by atoms with Gasteiger partial charge in [0.1, 0.15) is 10.8 Å². The van der Waals surface area contributed by atoms with E-state index in [-0.39, 0.29) is 5.88 Å². The van der Waals surface area contributed by atoms with Crippen molar-refractivity contribution in [3.05, 3.63) is 51.1 Å². The predicted octanol–water partition coefficient (Wildman–Crippen LogP) is 4.29. The molecule has 0 aliphatic heterocycles. The molecular weight excluding hydrogens is 295 g/mol. The highest BCUT2D eigenvalue weighted by molar-refractivity contribution is 6.35. The van der Waals surface area contributed by atoms with Gasteiger partial charge in [0.15, 0.2) is 0 Å². The Morgan fingerprint density at radius 3 is 2.50 bits per heavy atom. The minimum Gasteiger partial charge on any atom is -0.436 e. The summed E-state index contributed by atoms with van der Waals surface area (Å²) < 4.78 is 5.52. The number of hydrogen-bond acceptors (Lipinski definition) is 3. The van der Waals surface area contributed by atoms with E-state index in [2.05, 4.69) is 4.98 Å². The smallest absolute Gasteiger partial charge is 0.238 e. The van der Waals surface area contributed by atoms with E-state index in [0.29, 0.717) is 27.4 Å². The van der Waals surface area contributed by atoms with E-state index in [1.165, 1.54) is 6.20 Å². The summed E-state index contributed by atoms with van der Waals surface area (Å²) in [5.74, 6) is 0.717. The van der Waals surface area contributed by atoms with Gasteiger partial charge in [0.2, 0.25) is 5.88 Å². The van der Waals surface area contributed by atoms with Crippen LogP contribution in [0.1, 0.15) is 5.56 Å². The number of halogens is 3. The number of aromatic nitrogens is 1. The van der Waals surface area contributed by atoms with Crippen LogP contribution in [-0.4, -0.2) is 4.98 Å². The van der Waals surface area contributed by atoms with Gasteiger partial charge in [-0.15, -0.1) is 0 Å². The fourth-order valence-electron chi connectivity index (χ4n) is 1.34. The molecule has 0 amide bonds. The van der Waals surface area contributed by atoms with Crippen LogP contribution >= 0.6 is 34.8 Å². The lowest BCUT2D eigenvalue weighted by Gasteiger charge is -2.09. The first-order valence-electron chi connectivity index (χ1n) is 5.07. The highest BCUT2D eigenvalue weighted by atomic mass is 35.5. The predicted molar refractivity (Wildman–Crippen MR) is 73.7 cm³/mol. The van der Waals surface area contributed by atoms with Crippen LogP contribution in [0.15, 0.2) is 30.5 Å². The normalized spacial score (nSPS) is 10.4. The van der Waals surface area contributed by atoms with Crippen molar-refractivity contribution in [3.8, 4) is 11.6 Å². The second-order valence-electron chi connectivity index (χ2n) is 3.51. The van der Waals surface area contributed by atoms with E-state index in [4.69, 9.17) is 45.3 Å². The number of nitrogens with zero attached hydrogens (tertiary/aromatic N) is 1. The molecule has 0 unspecified atom stereocenters. The molecule has 0 spiro atoms. The molecule has 1 aromatic carbocycles. The average molecular weight is 304 g/mol. The number of nitrogens with two attached hydrogens (primary N) is 1. The molecule has 2 aromatic rings. The van der Waals surface area contributed by atoms with E-state index in [9.17, 15) is 0 Å². The van der Waals surface area contributed by atoms with Gasteiger partial charge in [-0.25, -0.2) is 4.98 Å². The van der Waals surface area contributed by atoms with Crippen molar-refractivity contribution in [2.24, 2.45) is 5.73 Å². The minimum atomic E-state index is 0.253. The van der Waals surface area contributed by atoms with E-state index < -0.39 is 0 Å². The lowest BCUT2D eigenvalue weighted by Crippen LogP contribution is -1.96. The first-order chi connectivity index (χ1) is 8.60. The second-order valence-corrected chi connectivity index (χ2v) is 4.76. The van der Waals surface area contributed by atoms with Crippen molar-refractivity contribution >= 4 is 34.8 Å². The van der Waals surface area contributed by atoms with Crippen LogP contribution < -0.4 is 10.5 Å². The molecule has 0 fully saturated rings. The van der Waals surface area contributed by atoms with Crippen molar-refractivity contribution in [3.63, 3.8) is 0 Å². The first kappa shape index (κ1) is 13.4. The zero-order valence-electron chi connectivity index (χ0n) is 9.16. The lowest BCUT2D eigenvalue weighted by molar-refractivity contribution is 0.463. The third-order valence-corrected chi connectivity index (χ3v) is 2.99. The Morgan fingerprint density at radius 2 is 1.89 bits per heavy atom. The van der Waals surface area contributed by atoms with Crippen LogP contribution in [0.25, 0.3) is 0 Å². The molecule has 2 N–H and O–H groups in total. The molecule has 0 atom stereocenters. The molecular formula is C12H9Cl3N2O. The van der Waals surface area contributed by atoms with Gasteiger partial charge < -0.3 is 10.5 Å². The molecule has 1 aromatic heterocycles. The van der Waals surface area contributed by atoms with Crippen LogP contribution in [0.2, 0.25) is 15.1 Å². The average Bonchev–Trinajstić information content (AvgIpc) is 2.34. The molecule has 3 nitrogen and oxygen atoms in total. The Hall–Kier alpha value is -1.000. The van der Waals surface area contributed by atoms with Gasteiger partial charge in [0.05, 0.1) is 10.0 Å². The molecule has 94 valence electrons. The molecule has 1 heterocycles. The summed E-state index contributed by atoms with van der Waals surface area (Å²) in [6, 6.07) is 6.83. The maximum Gasteiger partial charge on any atom is 0.238 e. The molecule has 2 rings (SSSR count). The zero-order chi connectivity index (χ0) is 13.1. The Balaban J connectivity index is 2.28. The molecule has 0 bridgehead atoms. The fraction of sp³-hybridized carbons (Fsp3) is 0.0833. The number of rotatable bonds is 3. The maximum atomic E-state index is 6.06. The van der Waals surface area contributed by atoms with Crippen LogP contribution in [0.3, 0.4) is 0 Å². The number of benzene rings is 1. The molecule has 6 heteroatoms. The molecule has 0 saturated carbocycles. The molecule has 18 heavy (non-hydrogen) atoms. The highest BCUT2D eigenvalue weighted by Gasteiger charge is 2.09. The van der Waals surface area contributed by atoms with E-state index in [1.807, 2.05) is 6.07 Å². The first-order valence-corrected chi connectivity index (χ1v) is 6.21.